The van der Waals surface area contributed by atoms with E-state index < -0.39 is 10.0 Å². The number of para-hydroxylation sites is 1. The minimum Gasteiger partial charge on any atom is -0.351 e. The molecule has 2 aromatic carbocycles. The van der Waals surface area contributed by atoms with Crippen molar-refractivity contribution < 1.29 is 13.2 Å². The first-order chi connectivity index (χ1) is 14.2. The number of carbonyl (C=O) groups excluding carboxylic acids is 1. The molecule has 1 amide bonds. The van der Waals surface area contributed by atoms with Crippen molar-refractivity contribution in [3.63, 3.8) is 0 Å². The summed E-state index contributed by atoms with van der Waals surface area (Å²) in [6.07, 6.45) is 0. The summed E-state index contributed by atoms with van der Waals surface area (Å²) >= 11 is 0. The smallest absolute Gasteiger partial charge is 0.270 e. The average Bonchev–Trinajstić information content (AvgIpc) is 3.17. The number of carbonyl (C=O) groups is 1. The van der Waals surface area contributed by atoms with Crippen LogP contribution in [-0.2, 0) is 15.4 Å². The molecule has 1 N–H and O–H groups in total. The Balaban J connectivity index is 1.45. The molecule has 0 aliphatic carbocycles. The first-order valence-corrected chi connectivity index (χ1v) is 11.6. The lowest BCUT2D eigenvalue weighted by Gasteiger charge is -2.33. The molecule has 2 heterocycles. The molecule has 4 rings (SSSR count). The van der Waals surface area contributed by atoms with Gasteiger partial charge in [0.1, 0.15) is 5.69 Å². The van der Waals surface area contributed by atoms with Gasteiger partial charge >= 0.3 is 0 Å². The highest BCUT2D eigenvalue weighted by Crippen LogP contribution is 2.25. The first-order valence-electron chi connectivity index (χ1n) is 10.1. The summed E-state index contributed by atoms with van der Waals surface area (Å²) in [5, 5.41) is 0.987. The fourth-order valence-corrected chi connectivity index (χ4v) is 5.19. The topological polar surface area (TPSA) is 73.5 Å². The number of piperazine rings is 1. The molecule has 0 spiro atoms. The van der Waals surface area contributed by atoms with Crippen LogP contribution in [0.3, 0.4) is 0 Å². The van der Waals surface area contributed by atoms with Gasteiger partial charge in [0.25, 0.3) is 5.91 Å². The zero-order valence-electron chi connectivity index (χ0n) is 17.6. The molecule has 158 valence electrons. The normalized spacial score (nSPS) is 16.2. The van der Waals surface area contributed by atoms with Crippen molar-refractivity contribution in [3.05, 3.63) is 65.9 Å². The Morgan fingerprint density at radius 3 is 2.17 bits per heavy atom. The second-order valence-corrected chi connectivity index (χ2v) is 10.7. The SMILES string of the molecule is CC(C)(C)c1ccc(S(=O)(=O)N2CCN(C(=O)c3cc4ccccc4[nH]3)CC2)cc1. The number of H-pyrrole nitrogens is 1. The van der Waals surface area contributed by atoms with Crippen LogP contribution in [0.25, 0.3) is 10.9 Å². The number of hydrogen-bond donors (Lipinski definition) is 1. The van der Waals surface area contributed by atoms with E-state index in [1.165, 1.54) is 4.31 Å². The standard InChI is InChI=1S/C23H27N3O3S/c1-23(2,3)18-8-10-19(11-9-18)30(28,29)26-14-12-25(13-15-26)22(27)21-16-17-6-4-5-7-20(17)24-21/h4-11,16,24H,12-15H2,1-3H3. The van der Waals surface area contributed by atoms with Gasteiger partial charge < -0.3 is 9.88 Å². The van der Waals surface area contributed by atoms with Crippen LogP contribution in [0, 0.1) is 0 Å². The van der Waals surface area contributed by atoms with Crippen molar-refractivity contribution in [1.82, 2.24) is 14.2 Å². The molecule has 3 aromatic rings. The summed E-state index contributed by atoms with van der Waals surface area (Å²) in [7, 11) is -3.57. The highest BCUT2D eigenvalue weighted by atomic mass is 32.2. The number of hydrogen-bond acceptors (Lipinski definition) is 3. The summed E-state index contributed by atoms with van der Waals surface area (Å²) < 4.78 is 27.5. The molecule has 7 heteroatoms. The molecular weight excluding hydrogens is 398 g/mol. The lowest BCUT2D eigenvalue weighted by Crippen LogP contribution is -2.50. The molecule has 1 saturated heterocycles. The molecule has 0 atom stereocenters. The summed E-state index contributed by atoms with van der Waals surface area (Å²) in [5.41, 5.74) is 2.51. The van der Waals surface area contributed by atoms with Gasteiger partial charge in [0.05, 0.1) is 4.90 Å². The molecule has 0 bridgehead atoms. The van der Waals surface area contributed by atoms with Crippen LogP contribution in [0.15, 0.2) is 59.5 Å². The van der Waals surface area contributed by atoms with Gasteiger partial charge in [0.15, 0.2) is 0 Å². The van der Waals surface area contributed by atoms with Crippen molar-refractivity contribution in [2.45, 2.75) is 31.1 Å². The van der Waals surface area contributed by atoms with E-state index >= 15 is 0 Å². The van der Waals surface area contributed by atoms with Gasteiger partial charge in [-0.25, -0.2) is 8.42 Å². The van der Waals surface area contributed by atoms with Crippen LogP contribution in [0.1, 0.15) is 36.8 Å². The second kappa shape index (κ2) is 7.56. The Hall–Kier alpha value is -2.64. The number of aromatic nitrogens is 1. The molecule has 6 nitrogen and oxygen atoms in total. The largest absolute Gasteiger partial charge is 0.351 e. The van der Waals surface area contributed by atoms with E-state index in [2.05, 4.69) is 25.8 Å². The van der Waals surface area contributed by atoms with E-state index in [0.717, 1.165) is 16.5 Å². The van der Waals surface area contributed by atoms with Crippen molar-refractivity contribution in [3.8, 4) is 0 Å². The number of benzene rings is 2. The fraction of sp³-hybridized carbons (Fsp3) is 0.348. The number of aromatic amines is 1. The maximum Gasteiger partial charge on any atom is 0.270 e. The van der Waals surface area contributed by atoms with Gasteiger partial charge in [-0.1, -0.05) is 51.1 Å². The van der Waals surface area contributed by atoms with Gasteiger partial charge in [-0.2, -0.15) is 4.31 Å². The first kappa shape index (κ1) is 20.6. The number of sulfonamides is 1. The Labute approximate surface area is 177 Å². The van der Waals surface area contributed by atoms with E-state index in [9.17, 15) is 13.2 Å². The predicted octanol–water partition coefficient (Wildman–Crippen LogP) is 3.61. The van der Waals surface area contributed by atoms with Crippen LogP contribution in [0.5, 0.6) is 0 Å². The third kappa shape index (κ3) is 3.87. The number of nitrogens with one attached hydrogen (secondary N) is 1. The highest BCUT2D eigenvalue weighted by molar-refractivity contribution is 7.89. The lowest BCUT2D eigenvalue weighted by atomic mass is 9.87. The van der Waals surface area contributed by atoms with Gasteiger partial charge in [-0.05, 0) is 35.2 Å². The molecule has 30 heavy (non-hydrogen) atoms. The third-order valence-corrected chi connectivity index (χ3v) is 7.56. The Kier molecular flexibility index (Phi) is 5.20. The fourth-order valence-electron chi connectivity index (χ4n) is 3.77. The zero-order valence-corrected chi connectivity index (χ0v) is 18.4. The van der Waals surface area contributed by atoms with Crippen molar-refractivity contribution in [1.29, 1.82) is 0 Å². The maximum absolute atomic E-state index is 13.0. The summed E-state index contributed by atoms with van der Waals surface area (Å²) in [6, 6.07) is 16.7. The monoisotopic (exact) mass is 425 g/mol. The average molecular weight is 426 g/mol. The number of amides is 1. The molecule has 1 aliphatic rings. The second-order valence-electron chi connectivity index (χ2n) is 8.74. The van der Waals surface area contributed by atoms with Crippen molar-refractivity contribution in [2.75, 3.05) is 26.2 Å². The molecular formula is C23H27N3O3S. The van der Waals surface area contributed by atoms with Crippen molar-refractivity contribution >= 4 is 26.8 Å². The summed E-state index contributed by atoms with van der Waals surface area (Å²) in [4.78, 5) is 18.0. The number of rotatable bonds is 3. The van der Waals surface area contributed by atoms with E-state index in [0.29, 0.717) is 23.7 Å². The summed E-state index contributed by atoms with van der Waals surface area (Å²) in [6.45, 7) is 7.60. The Morgan fingerprint density at radius 1 is 0.933 bits per heavy atom. The molecule has 0 saturated carbocycles. The summed E-state index contributed by atoms with van der Waals surface area (Å²) in [5.74, 6) is -0.0993. The van der Waals surface area contributed by atoms with Crippen LogP contribution >= 0.6 is 0 Å². The van der Waals surface area contributed by atoms with Crippen LogP contribution < -0.4 is 0 Å². The molecule has 1 fully saturated rings. The predicted molar refractivity (Wildman–Crippen MR) is 118 cm³/mol. The highest BCUT2D eigenvalue weighted by Gasteiger charge is 2.31. The van der Waals surface area contributed by atoms with Gasteiger partial charge in [0.2, 0.25) is 10.0 Å². The molecule has 1 aromatic heterocycles. The maximum atomic E-state index is 13.0. The lowest BCUT2D eigenvalue weighted by molar-refractivity contribution is 0.0693. The Morgan fingerprint density at radius 2 is 1.57 bits per heavy atom. The van der Waals surface area contributed by atoms with E-state index in [1.807, 2.05) is 42.5 Å². The van der Waals surface area contributed by atoms with Gasteiger partial charge in [0, 0.05) is 37.1 Å². The van der Waals surface area contributed by atoms with Crippen molar-refractivity contribution in [2.24, 2.45) is 0 Å². The van der Waals surface area contributed by atoms with E-state index in [-0.39, 0.29) is 24.4 Å². The van der Waals surface area contributed by atoms with Gasteiger partial charge in [-0.15, -0.1) is 0 Å². The molecule has 0 radical (unpaired) electrons. The minimum atomic E-state index is -3.57. The van der Waals surface area contributed by atoms with Crippen LogP contribution in [0.2, 0.25) is 0 Å². The van der Waals surface area contributed by atoms with Crippen LogP contribution in [-0.4, -0.2) is 54.7 Å². The van der Waals surface area contributed by atoms with Gasteiger partial charge in [-0.3, -0.25) is 4.79 Å². The van der Waals surface area contributed by atoms with E-state index in [4.69, 9.17) is 0 Å². The Bertz CT molecular complexity index is 1130. The zero-order chi connectivity index (χ0) is 21.5. The quantitative estimate of drug-likeness (QED) is 0.697. The van der Waals surface area contributed by atoms with Crippen LogP contribution in [0.4, 0.5) is 0 Å². The third-order valence-electron chi connectivity index (χ3n) is 5.64. The number of fused-ring (bicyclic) bond motifs is 1. The van der Waals surface area contributed by atoms with E-state index in [1.54, 1.807) is 17.0 Å². The minimum absolute atomic E-state index is 0.0309. The number of nitrogens with zero attached hydrogens (tertiary/aromatic N) is 2. The molecule has 1 aliphatic heterocycles. The molecule has 0 unspecified atom stereocenters.